The Balaban J connectivity index is 1.92. The highest BCUT2D eigenvalue weighted by atomic mass is 16.5. The summed E-state index contributed by atoms with van der Waals surface area (Å²) in [6, 6.07) is 9.88. The molecule has 0 aliphatic heterocycles. The van der Waals surface area contributed by atoms with Crippen LogP contribution in [0.2, 0.25) is 0 Å². The van der Waals surface area contributed by atoms with Crippen LogP contribution in [0.1, 0.15) is 26.7 Å². The lowest BCUT2D eigenvalue weighted by Gasteiger charge is -2.28. The Labute approximate surface area is 126 Å². The van der Waals surface area contributed by atoms with Crippen LogP contribution in [-0.2, 0) is 0 Å². The molecule has 4 heteroatoms. The third kappa shape index (κ3) is 4.41. The van der Waals surface area contributed by atoms with E-state index in [0.717, 1.165) is 36.0 Å². The quantitative estimate of drug-likeness (QED) is 0.784. The zero-order valence-electron chi connectivity index (χ0n) is 12.8. The number of aromatic nitrogens is 1. The van der Waals surface area contributed by atoms with Crippen molar-refractivity contribution in [3.63, 3.8) is 0 Å². The molecule has 0 radical (unpaired) electrons. The maximum absolute atomic E-state index is 9.52. The van der Waals surface area contributed by atoms with Crippen LogP contribution >= 0.6 is 0 Å². The van der Waals surface area contributed by atoms with Gasteiger partial charge in [0.05, 0.1) is 18.7 Å². The largest absolute Gasteiger partial charge is 0.493 e. The SMILES string of the molecule is CCCNC(C)(CO)CCOc1ccc2cccnc2c1. The molecule has 1 heterocycles. The van der Waals surface area contributed by atoms with Gasteiger partial charge in [-0.05, 0) is 38.1 Å². The van der Waals surface area contributed by atoms with E-state index in [1.807, 2.05) is 37.3 Å². The minimum atomic E-state index is -0.287. The number of aliphatic hydroxyl groups is 1. The van der Waals surface area contributed by atoms with Gasteiger partial charge in [0.1, 0.15) is 5.75 Å². The molecule has 0 aliphatic carbocycles. The molecule has 0 fully saturated rings. The summed E-state index contributed by atoms with van der Waals surface area (Å²) in [6.07, 6.45) is 3.58. The second-order valence-electron chi connectivity index (χ2n) is 5.60. The smallest absolute Gasteiger partial charge is 0.121 e. The van der Waals surface area contributed by atoms with Gasteiger partial charge in [-0.3, -0.25) is 4.98 Å². The molecule has 2 aromatic rings. The van der Waals surface area contributed by atoms with Crippen molar-refractivity contribution in [3.8, 4) is 5.75 Å². The van der Waals surface area contributed by atoms with Crippen LogP contribution in [0.15, 0.2) is 36.5 Å². The van der Waals surface area contributed by atoms with Gasteiger partial charge in [0.2, 0.25) is 0 Å². The molecule has 1 unspecified atom stereocenters. The summed E-state index contributed by atoms with van der Waals surface area (Å²) in [7, 11) is 0. The van der Waals surface area contributed by atoms with Crippen molar-refractivity contribution in [2.24, 2.45) is 0 Å². The Kier molecular flexibility index (Phi) is 5.53. The van der Waals surface area contributed by atoms with Gasteiger partial charge >= 0.3 is 0 Å². The second-order valence-corrected chi connectivity index (χ2v) is 5.60. The van der Waals surface area contributed by atoms with Crippen molar-refractivity contribution in [1.82, 2.24) is 10.3 Å². The van der Waals surface area contributed by atoms with Crippen LogP contribution in [0.3, 0.4) is 0 Å². The summed E-state index contributed by atoms with van der Waals surface area (Å²) < 4.78 is 5.80. The Morgan fingerprint density at radius 3 is 2.95 bits per heavy atom. The van der Waals surface area contributed by atoms with Gasteiger partial charge in [-0.1, -0.05) is 13.0 Å². The molecule has 114 valence electrons. The van der Waals surface area contributed by atoms with Crippen LogP contribution in [0.5, 0.6) is 5.75 Å². The molecule has 0 saturated carbocycles. The van der Waals surface area contributed by atoms with Gasteiger partial charge in [0.25, 0.3) is 0 Å². The number of nitrogens with zero attached hydrogens (tertiary/aromatic N) is 1. The lowest BCUT2D eigenvalue weighted by Crippen LogP contribution is -2.47. The molecule has 0 amide bonds. The van der Waals surface area contributed by atoms with Crippen molar-refractivity contribution < 1.29 is 9.84 Å². The number of hydrogen-bond donors (Lipinski definition) is 2. The van der Waals surface area contributed by atoms with Crippen LogP contribution < -0.4 is 10.1 Å². The summed E-state index contributed by atoms with van der Waals surface area (Å²) in [6.45, 7) is 5.70. The Bertz CT molecular complexity index is 573. The van der Waals surface area contributed by atoms with Crippen molar-refractivity contribution in [2.75, 3.05) is 19.8 Å². The fraction of sp³-hybridized carbons (Fsp3) is 0.471. The maximum atomic E-state index is 9.52. The van der Waals surface area contributed by atoms with Gasteiger partial charge in [-0.15, -0.1) is 0 Å². The Morgan fingerprint density at radius 2 is 2.19 bits per heavy atom. The number of ether oxygens (including phenoxy) is 1. The highest BCUT2D eigenvalue weighted by molar-refractivity contribution is 5.79. The molecule has 0 aliphatic rings. The first kappa shape index (κ1) is 15.7. The molecule has 4 nitrogen and oxygen atoms in total. The van der Waals surface area contributed by atoms with E-state index in [-0.39, 0.29) is 12.1 Å². The summed E-state index contributed by atoms with van der Waals surface area (Å²) in [5.41, 5.74) is 0.648. The lowest BCUT2D eigenvalue weighted by atomic mass is 9.99. The zero-order valence-corrected chi connectivity index (χ0v) is 12.8. The molecule has 21 heavy (non-hydrogen) atoms. The minimum Gasteiger partial charge on any atom is -0.493 e. The van der Waals surface area contributed by atoms with Gasteiger partial charge < -0.3 is 15.2 Å². The molecule has 2 N–H and O–H groups in total. The predicted octanol–water partition coefficient (Wildman–Crippen LogP) is 2.75. The number of pyridine rings is 1. The first-order valence-corrected chi connectivity index (χ1v) is 7.50. The van der Waals surface area contributed by atoms with Crippen LogP contribution in [0, 0.1) is 0 Å². The highest BCUT2D eigenvalue weighted by Gasteiger charge is 2.21. The summed E-state index contributed by atoms with van der Waals surface area (Å²) in [5, 5.41) is 14.0. The number of fused-ring (bicyclic) bond motifs is 1. The molecule has 0 bridgehead atoms. The average molecular weight is 288 g/mol. The minimum absolute atomic E-state index is 0.107. The standard InChI is InChI=1S/C17H24N2O2/c1-3-9-19-17(2,13-20)8-11-21-15-7-6-14-5-4-10-18-16(14)12-15/h4-7,10,12,19-20H,3,8-9,11,13H2,1-2H3. The number of hydrogen-bond acceptors (Lipinski definition) is 4. The van der Waals surface area contributed by atoms with Crippen molar-refractivity contribution >= 4 is 10.9 Å². The van der Waals surface area contributed by atoms with Crippen molar-refractivity contribution in [1.29, 1.82) is 0 Å². The highest BCUT2D eigenvalue weighted by Crippen LogP contribution is 2.19. The summed E-state index contributed by atoms with van der Waals surface area (Å²) in [4.78, 5) is 4.32. The van der Waals surface area contributed by atoms with E-state index in [1.165, 1.54) is 0 Å². The van der Waals surface area contributed by atoms with E-state index in [9.17, 15) is 5.11 Å². The van der Waals surface area contributed by atoms with Crippen molar-refractivity contribution in [2.45, 2.75) is 32.2 Å². The third-order valence-corrected chi connectivity index (χ3v) is 3.65. The number of aliphatic hydroxyl groups excluding tert-OH is 1. The fourth-order valence-corrected chi connectivity index (χ4v) is 2.18. The van der Waals surface area contributed by atoms with E-state index in [4.69, 9.17) is 4.74 Å². The maximum Gasteiger partial charge on any atom is 0.121 e. The van der Waals surface area contributed by atoms with E-state index < -0.39 is 0 Å². The zero-order chi connectivity index (χ0) is 15.1. The van der Waals surface area contributed by atoms with Crippen molar-refractivity contribution in [3.05, 3.63) is 36.5 Å². The van der Waals surface area contributed by atoms with Gasteiger partial charge in [-0.25, -0.2) is 0 Å². The Morgan fingerprint density at radius 1 is 1.33 bits per heavy atom. The topological polar surface area (TPSA) is 54.4 Å². The normalized spacial score (nSPS) is 14.0. The van der Waals surface area contributed by atoms with E-state index >= 15 is 0 Å². The summed E-state index contributed by atoms with van der Waals surface area (Å²) >= 11 is 0. The molecular weight excluding hydrogens is 264 g/mol. The number of rotatable bonds is 8. The Hall–Kier alpha value is -1.65. The van der Waals surface area contributed by atoms with E-state index in [0.29, 0.717) is 6.61 Å². The van der Waals surface area contributed by atoms with Crippen LogP contribution in [0.25, 0.3) is 10.9 Å². The van der Waals surface area contributed by atoms with Gasteiger partial charge in [0, 0.05) is 29.6 Å². The summed E-state index contributed by atoms with van der Waals surface area (Å²) in [5.74, 6) is 0.817. The molecule has 0 saturated heterocycles. The molecule has 1 atom stereocenters. The first-order valence-electron chi connectivity index (χ1n) is 7.50. The number of nitrogens with one attached hydrogen (secondary N) is 1. The molecule has 1 aromatic heterocycles. The molecule has 2 rings (SSSR count). The number of benzene rings is 1. The third-order valence-electron chi connectivity index (χ3n) is 3.65. The van der Waals surface area contributed by atoms with E-state index in [2.05, 4.69) is 17.2 Å². The average Bonchev–Trinajstić information content (AvgIpc) is 2.53. The lowest BCUT2D eigenvalue weighted by molar-refractivity contribution is 0.144. The molecule has 1 aromatic carbocycles. The van der Waals surface area contributed by atoms with E-state index in [1.54, 1.807) is 6.20 Å². The van der Waals surface area contributed by atoms with Crippen LogP contribution in [0.4, 0.5) is 0 Å². The molecular formula is C17H24N2O2. The molecule has 0 spiro atoms. The van der Waals surface area contributed by atoms with Gasteiger partial charge in [-0.2, -0.15) is 0 Å². The monoisotopic (exact) mass is 288 g/mol. The first-order chi connectivity index (χ1) is 10.2. The van der Waals surface area contributed by atoms with Gasteiger partial charge in [0.15, 0.2) is 0 Å². The predicted molar refractivity (Wildman–Crippen MR) is 85.6 cm³/mol. The van der Waals surface area contributed by atoms with Crippen LogP contribution in [-0.4, -0.2) is 35.4 Å². The fourth-order valence-electron chi connectivity index (χ4n) is 2.18. The second kappa shape index (κ2) is 7.38.